The zero-order valence-electron chi connectivity index (χ0n) is 11.6. The average Bonchev–Trinajstić information content (AvgIpc) is 2.81. The van der Waals surface area contributed by atoms with Crippen molar-refractivity contribution in [3.63, 3.8) is 0 Å². The third-order valence-electron chi connectivity index (χ3n) is 3.75. The van der Waals surface area contributed by atoms with Crippen molar-refractivity contribution in [2.24, 2.45) is 11.7 Å². The third-order valence-corrected chi connectivity index (χ3v) is 4.84. The molecule has 0 aliphatic carbocycles. The number of hydrogen-bond donors (Lipinski definition) is 1. The second kappa shape index (κ2) is 6.64. The zero-order valence-corrected chi connectivity index (χ0v) is 12.4. The zero-order chi connectivity index (χ0) is 13.0. The van der Waals surface area contributed by atoms with Gasteiger partial charge in [-0.25, -0.2) is 4.98 Å². The van der Waals surface area contributed by atoms with Crippen molar-refractivity contribution in [1.29, 1.82) is 0 Å². The highest BCUT2D eigenvalue weighted by atomic mass is 32.1. The van der Waals surface area contributed by atoms with Gasteiger partial charge in [0.05, 0.1) is 11.7 Å². The summed E-state index contributed by atoms with van der Waals surface area (Å²) in [5, 5.41) is 3.22. The molecule has 0 saturated carbocycles. The first-order chi connectivity index (χ1) is 8.69. The normalized spacial score (nSPS) is 20.2. The molecule has 1 unspecified atom stereocenters. The summed E-state index contributed by atoms with van der Waals surface area (Å²) >= 11 is 1.69. The molecule has 2 rings (SSSR count). The Labute approximate surface area is 114 Å². The molecule has 2 N–H and O–H groups in total. The van der Waals surface area contributed by atoms with E-state index in [-0.39, 0.29) is 6.04 Å². The largest absolute Gasteiger partial charge is 0.322 e. The molecule has 102 valence electrons. The lowest BCUT2D eigenvalue weighted by Gasteiger charge is -2.31. The first-order valence-corrected chi connectivity index (χ1v) is 7.99. The third kappa shape index (κ3) is 3.77. The van der Waals surface area contributed by atoms with Gasteiger partial charge in [0, 0.05) is 11.9 Å². The second-order valence-electron chi connectivity index (χ2n) is 5.47. The van der Waals surface area contributed by atoms with E-state index < -0.39 is 0 Å². The van der Waals surface area contributed by atoms with Crippen LogP contribution in [0.2, 0.25) is 0 Å². The van der Waals surface area contributed by atoms with Gasteiger partial charge in [0.25, 0.3) is 0 Å². The average molecular weight is 267 g/mol. The number of aromatic nitrogens is 1. The van der Waals surface area contributed by atoms with Crippen LogP contribution in [-0.2, 0) is 6.54 Å². The molecule has 1 atom stereocenters. The molecular weight excluding hydrogens is 242 g/mol. The van der Waals surface area contributed by atoms with Crippen molar-refractivity contribution in [3.8, 4) is 0 Å². The van der Waals surface area contributed by atoms with E-state index in [2.05, 4.69) is 22.2 Å². The van der Waals surface area contributed by atoms with Crippen LogP contribution >= 0.6 is 11.3 Å². The standard InChI is InChI=1S/C14H25N3S/c1-3-4-12-5-7-17(8-6-12)9-13-10-18-14(16-13)11(2)15/h10-12H,3-9,15H2,1-2H3. The first-order valence-electron chi connectivity index (χ1n) is 7.11. The summed E-state index contributed by atoms with van der Waals surface area (Å²) in [7, 11) is 0. The van der Waals surface area contributed by atoms with Crippen LogP contribution in [0.15, 0.2) is 5.38 Å². The van der Waals surface area contributed by atoms with Crippen LogP contribution in [0, 0.1) is 5.92 Å². The summed E-state index contributed by atoms with van der Waals surface area (Å²) in [5.74, 6) is 0.960. The predicted octanol–water partition coefficient (Wildman–Crippen LogP) is 3.17. The van der Waals surface area contributed by atoms with Crippen molar-refractivity contribution >= 4 is 11.3 Å². The molecule has 0 spiro atoms. The molecule has 1 aromatic rings. The maximum absolute atomic E-state index is 5.85. The van der Waals surface area contributed by atoms with E-state index in [0.717, 1.165) is 17.5 Å². The molecular formula is C14H25N3S. The molecule has 18 heavy (non-hydrogen) atoms. The molecule has 0 radical (unpaired) electrons. The molecule has 1 aliphatic heterocycles. The molecule has 0 aromatic carbocycles. The Hall–Kier alpha value is -0.450. The Kier molecular flexibility index (Phi) is 5.15. The van der Waals surface area contributed by atoms with Gasteiger partial charge in [-0.05, 0) is 38.8 Å². The maximum atomic E-state index is 5.85. The van der Waals surface area contributed by atoms with Crippen molar-refractivity contribution < 1.29 is 0 Å². The Bertz CT molecular complexity index is 354. The van der Waals surface area contributed by atoms with E-state index in [9.17, 15) is 0 Å². The Balaban J connectivity index is 1.80. The van der Waals surface area contributed by atoms with Crippen LogP contribution in [-0.4, -0.2) is 23.0 Å². The number of nitrogens with two attached hydrogens (primary N) is 1. The minimum atomic E-state index is 0.0686. The molecule has 0 amide bonds. The summed E-state index contributed by atoms with van der Waals surface area (Å²) in [4.78, 5) is 7.14. The molecule has 3 nitrogen and oxygen atoms in total. The molecule has 1 fully saturated rings. The van der Waals surface area contributed by atoms with Crippen LogP contribution in [0.3, 0.4) is 0 Å². The minimum absolute atomic E-state index is 0.0686. The number of nitrogens with zero attached hydrogens (tertiary/aromatic N) is 2. The monoisotopic (exact) mass is 267 g/mol. The van der Waals surface area contributed by atoms with E-state index >= 15 is 0 Å². The number of thiazole rings is 1. The molecule has 0 bridgehead atoms. The molecule has 2 heterocycles. The van der Waals surface area contributed by atoms with Crippen LogP contribution in [0.4, 0.5) is 0 Å². The van der Waals surface area contributed by atoms with Gasteiger partial charge < -0.3 is 5.73 Å². The first kappa shape index (κ1) is 14.0. The summed E-state index contributed by atoms with van der Waals surface area (Å²) in [6.45, 7) is 7.75. The lowest BCUT2D eigenvalue weighted by atomic mass is 9.92. The van der Waals surface area contributed by atoms with Gasteiger partial charge >= 0.3 is 0 Å². The summed E-state index contributed by atoms with van der Waals surface area (Å²) < 4.78 is 0. The van der Waals surface area contributed by atoms with Gasteiger partial charge in [0.2, 0.25) is 0 Å². The van der Waals surface area contributed by atoms with E-state index in [1.807, 2.05) is 6.92 Å². The van der Waals surface area contributed by atoms with Gasteiger partial charge in [-0.3, -0.25) is 4.90 Å². The SMILES string of the molecule is CCCC1CCN(Cc2csc(C(C)N)n2)CC1. The fraction of sp³-hybridized carbons (Fsp3) is 0.786. The van der Waals surface area contributed by atoms with Crippen molar-refractivity contribution in [2.75, 3.05) is 13.1 Å². The summed E-state index contributed by atoms with van der Waals surface area (Å²) in [5.41, 5.74) is 7.04. The van der Waals surface area contributed by atoms with Gasteiger partial charge in [0.15, 0.2) is 0 Å². The van der Waals surface area contributed by atoms with Crippen LogP contribution in [0.25, 0.3) is 0 Å². The molecule has 1 aliphatic rings. The number of hydrogen-bond acceptors (Lipinski definition) is 4. The highest BCUT2D eigenvalue weighted by Crippen LogP contribution is 2.23. The van der Waals surface area contributed by atoms with Gasteiger partial charge in [-0.2, -0.15) is 0 Å². The highest BCUT2D eigenvalue weighted by Gasteiger charge is 2.19. The highest BCUT2D eigenvalue weighted by molar-refractivity contribution is 7.09. The van der Waals surface area contributed by atoms with Gasteiger partial charge in [0.1, 0.15) is 5.01 Å². The Morgan fingerprint density at radius 2 is 2.22 bits per heavy atom. The van der Waals surface area contributed by atoms with Gasteiger partial charge in [-0.1, -0.05) is 19.8 Å². The lowest BCUT2D eigenvalue weighted by molar-refractivity contribution is 0.170. The minimum Gasteiger partial charge on any atom is -0.322 e. The van der Waals surface area contributed by atoms with Crippen molar-refractivity contribution in [1.82, 2.24) is 9.88 Å². The van der Waals surface area contributed by atoms with Crippen molar-refractivity contribution in [3.05, 3.63) is 16.1 Å². The fourth-order valence-electron chi connectivity index (χ4n) is 2.67. The smallest absolute Gasteiger partial charge is 0.109 e. The van der Waals surface area contributed by atoms with Crippen LogP contribution < -0.4 is 5.73 Å². The number of rotatable bonds is 5. The topological polar surface area (TPSA) is 42.1 Å². The van der Waals surface area contributed by atoms with E-state index in [1.165, 1.54) is 44.5 Å². The molecule has 1 aromatic heterocycles. The van der Waals surface area contributed by atoms with Crippen LogP contribution in [0.5, 0.6) is 0 Å². The maximum Gasteiger partial charge on any atom is 0.109 e. The Morgan fingerprint density at radius 3 is 2.78 bits per heavy atom. The van der Waals surface area contributed by atoms with Crippen molar-refractivity contribution in [2.45, 2.75) is 52.1 Å². The number of piperidine rings is 1. The summed E-state index contributed by atoms with van der Waals surface area (Å²) in [6.07, 6.45) is 5.45. The fourth-order valence-corrected chi connectivity index (χ4v) is 3.44. The molecule has 4 heteroatoms. The lowest BCUT2D eigenvalue weighted by Crippen LogP contribution is -2.33. The van der Waals surface area contributed by atoms with Crippen LogP contribution in [0.1, 0.15) is 56.3 Å². The van der Waals surface area contributed by atoms with E-state index in [0.29, 0.717) is 0 Å². The van der Waals surface area contributed by atoms with Gasteiger partial charge in [-0.15, -0.1) is 11.3 Å². The molecule has 1 saturated heterocycles. The van der Waals surface area contributed by atoms with E-state index in [4.69, 9.17) is 5.73 Å². The number of likely N-dealkylation sites (tertiary alicyclic amines) is 1. The second-order valence-corrected chi connectivity index (χ2v) is 6.36. The van der Waals surface area contributed by atoms with E-state index in [1.54, 1.807) is 11.3 Å². The quantitative estimate of drug-likeness (QED) is 0.891. The summed E-state index contributed by atoms with van der Waals surface area (Å²) in [6, 6.07) is 0.0686. The predicted molar refractivity (Wildman–Crippen MR) is 77.6 cm³/mol. The Morgan fingerprint density at radius 1 is 1.50 bits per heavy atom.